The summed E-state index contributed by atoms with van der Waals surface area (Å²) >= 11 is 0. The molecular formula is C17H18N2O2. The van der Waals surface area contributed by atoms with Gasteiger partial charge in [0.25, 0.3) is 0 Å². The molecule has 4 heteroatoms. The molecule has 1 heterocycles. The van der Waals surface area contributed by atoms with E-state index in [1.165, 1.54) is 5.56 Å². The van der Waals surface area contributed by atoms with Crippen molar-refractivity contribution in [1.82, 2.24) is 4.90 Å². The minimum Gasteiger partial charge on any atom is -0.480 e. The maximum atomic E-state index is 11.2. The molecule has 0 aromatic heterocycles. The zero-order valence-corrected chi connectivity index (χ0v) is 11.7. The van der Waals surface area contributed by atoms with Crippen molar-refractivity contribution < 1.29 is 9.90 Å². The van der Waals surface area contributed by atoms with Gasteiger partial charge in [0, 0.05) is 12.2 Å². The number of carboxylic acids is 1. The van der Waals surface area contributed by atoms with Gasteiger partial charge >= 0.3 is 5.97 Å². The lowest BCUT2D eigenvalue weighted by Gasteiger charge is -2.37. The van der Waals surface area contributed by atoms with Crippen LogP contribution in [0.5, 0.6) is 0 Å². The highest BCUT2D eigenvalue weighted by Gasteiger charge is 2.30. The average molecular weight is 282 g/mol. The number of para-hydroxylation sites is 1. The zero-order valence-electron chi connectivity index (χ0n) is 11.7. The molecule has 2 aromatic carbocycles. The number of nitrogen functional groups attached to an aromatic ring is 1. The molecule has 0 saturated carbocycles. The molecule has 2 aromatic rings. The fraction of sp³-hybridized carbons (Fsp3) is 0.235. The predicted octanol–water partition coefficient (Wildman–Crippen LogP) is 2.30. The van der Waals surface area contributed by atoms with E-state index in [0.717, 1.165) is 24.1 Å². The van der Waals surface area contributed by atoms with Gasteiger partial charge in [-0.3, -0.25) is 9.69 Å². The van der Waals surface area contributed by atoms with Gasteiger partial charge in [0.05, 0.1) is 12.6 Å². The standard InChI is InChI=1S/C17H18N2O2/c18-15-8-4-3-7-14(15)17-13-6-2-1-5-12(13)9-10-19(17)11-16(20)21/h1-8,17H,9-11,18H2,(H,20,21)/t17-/m1/s1. The number of hydrogen-bond acceptors (Lipinski definition) is 3. The largest absolute Gasteiger partial charge is 0.480 e. The first-order chi connectivity index (χ1) is 10.2. The van der Waals surface area contributed by atoms with Crippen LogP contribution in [0, 0.1) is 0 Å². The number of carboxylic acid groups (broad SMARTS) is 1. The average Bonchev–Trinajstić information content (AvgIpc) is 2.47. The van der Waals surface area contributed by atoms with Crippen molar-refractivity contribution >= 4 is 11.7 Å². The van der Waals surface area contributed by atoms with Gasteiger partial charge in [0.1, 0.15) is 0 Å². The van der Waals surface area contributed by atoms with Crippen molar-refractivity contribution in [3.63, 3.8) is 0 Å². The van der Waals surface area contributed by atoms with Crippen LogP contribution in [0.3, 0.4) is 0 Å². The van der Waals surface area contributed by atoms with Crippen LogP contribution in [0.1, 0.15) is 22.7 Å². The molecule has 1 aliphatic rings. The third-order valence-electron chi connectivity index (χ3n) is 4.01. The summed E-state index contributed by atoms with van der Waals surface area (Å²) in [5, 5.41) is 9.17. The molecule has 1 atom stereocenters. The SMILES string of the molecule is Nc1ccccc1[C@H]1c2ccccc2CCN1CC(=O)O. The lowest BCUT2D eigenvalue weighted by molar-refractivity contribution is -0.138. The van der Waals surface area contributed by atoms with Gasteiger partial charge in [0.2, 0.25) is 0 Å². The first kappa shape index (κ1) is 13.6. The smallest absolute Gasteiger partial charge is 0.317 e. The van der Waals surface area contributed by atoms with E-state index < -0.39 is 5.97 Å². The van der Waals surface area contributed by atoms with E-state index in [-0.39, 0.29) is 12.6 Å². The normalized spacial score (nSPS) is 18.2. The molecule has 0 aliphatic carbocycles. The Hall–Kier alpha value is -2.33. The Morgan fingerprint density at radius 2 is 1.81 bits per heavy atom. The van der Waals surface area contributed by atoms with Crippen LogP contribution in [-0.2, 0) is 11.2 Å². The lowest BCUT2D eigenvalue weighted by atomic mass is 9.87. The molecule has 0 unspecified atom stereocenters. The van der Waals surface area contributed by atoms with Crippen molar-refractivity contribution in [2.75, 3.05) is 18.8 Å². The number of hydrogen-bond donors (Lipinski definition) is 2. The Morgan fingerprint density at radius 1 is 1.14 bits per heavy atom. The highest BCUT2D eigenvalue weighted by molar-refractivity contribution is 5.69. The van der Waals surface area contributed by atoms with Crippen LogP contribution in [0.2, 0.25) is 0 Å². The molecule has 108 valence electrons. The summed E-state index contributed by atoms with van der Waals surface area (Å²) in [4.78, 5) is 13.2. The molecule has 0 spiro atoms. The molecule has 3 rings (SSSR count). The van der Waals surface area contributed by atoms with E-state index in [2.05, 4.69) is 12.1 Å². The lowest BCUT2D eigenvalue weighted by Crippen LogP contribution is -2.39. The second-order valence-corrected chi connectivity index (χ2v) is 5.34. The number of anilines is 1. The van der Waals surface area contributed by atoms with Gasteiger partial charge in [-0.1, -0.05) is 42.5 Å². The Balaban J connectivity index is 2.10. The molecule has 1 aliphatic heterocycles. The first-order valence-corrected chi connectivity index (χ1v) is 7.05. The van der Waals surface area contributed by atoms with Crippen molar-refractivity contribution in [3.05, 3.63) is 65.2 Å². The molecular weight excluding hydrogens is 264 g/mol. The van der Waals surface area contributed by atoms with Gasteiger partial charge in [-0.05, 0) is 29.2 Å². The van der Waals surface area contributed by atoms with Gasteiger partial charge in [-0.15, -0.1) is 0 Å². The molecule has 0 amide bonds. The highest BCUT2D eigenvalue weighted by atomic mass is 16.4. The maximum absolute atomic E-state index is 11.2. The number of aliphatic carboxylic acids is 1. The minimum absolute atomic E-state index is 0.0212. The second kappa shape index (κ2) is 5.58. The fourth-order valence-electron chi connectivity index (χ4n) is 3.09. The summed E-state index contributed by atoms with van der Waals surface area (Å²) in [6.07, 6.45) is 0.868. The van der Waals surface area contributed by atoms with E-state index in [4.69, 9.17) is 5.73 Å². The Kier molecular flexibility index (Phi) is 3.62. The summed E-state index contributed by atoms with van der Waals surface area (Å²) in [7, 11) is 0. The molecule has 0 saturated heterocycles. The molecule has 0 bridgehead atoms. The first-order valence-electron chi connectivity index (χ1n) is 7.05. The van der Waals surface area contributed by atoms with Crippen LogP contribution in [0.25, 0.3) is 0 Å². The maximum Gasteiger partial charge on any atom is 0.317 e. The van der Waals surface area contributed by atoms with E-state index in [0.29, 0.717) is 5.69 Å². The monoisotopic (exact) mass is 282 g/mol. The number of fused-ring (bicyclic) bond motifs is 1. The summed E-state index contributed by atoms with van der Waals surface area (Å²) in [6, 6.07) is 15.8. The number of nitrogens with zero attached hydrogens (tertiary/aromatic N) is 1. The van der Waals surface area contributed by atoms with E-state index in [9.17, 15) is 9.90 Å². The number of nitrogens with two attached hydrogens (primary N) is 1. The fourth-order valence-corrected chi connectivity index (χ4v) is 3.09. The van der Waals surface area contributed by atoms with Crippen molar-refractivity contribution in [2.24, 2.45) is 0 Å². The molecule has 21 heavy (non-hydrogen) atoms. The van der Waals surface area contributed by atoms with E-state index in [1.807, 2.05) is 41.3 Å². The van der Waals surface area contributed by atoms with Gasteiger partial charge in [0.15, 0.2) is 0 Å². The Labute approximate surface area is 123 Å². The highest BCUT2D eigenvalue weighted by Crippen LogP contribution is 2.37. The third-order valence-corrected chi connectivity index (χ3v) is 4.01. The van der Waals surface area contributed by atoms with Gasteiger partial charge in [-0.25, -0.2) is 0 Å². The Bertz CT molecular complexity index is 669. The second-order valence-electron chi connectivity index (χ2n) is 5.34. The number of benzene rings is 2. The van der Waals surface area contributed by atoms with Crippen LogP contribution in [-0.4, -0.2) is 29.1 Å². The van der Waals surface area contributed by atoms with Crippen LogP contribution < -0.4 is 5.73 Å². The van der Waals surface area contributed by atoms with Gasteiger partial charge in [-0.2, -0.15) is 0 Å². The summed E-state index contributed by atoms with van der Waals surface area (Å²) in [6.45, 7) is 0.746. The van der Waals surface area contributed by atoms with E-state index in [1.54, 1.807) is 0 Å². The number of carbonyl (C=O) groups is 1. The van der Waals surface area contributed by atoms with Crippen LogP contribution in [0.4, 0.5) is 5.69 Å². The third kappa shape index (κ3) is 2.62. The molecule has 4 nitrogen and oxygen atoms in total. The molecule has 0 fully saturated rings. The predicted molar refractivity (Wildman–Crippen MR) is 82.1 cm³/mol. The van der Waals surface area contributed by atoms with Gasteiger partial charge < -0.3 is 10.8 Å². The topological polar surface area (TPSA) is 66.6 Å². The summed E-state index contributed by atoms with van der Waals surface area (Å²) in [5.41, 5.74) is 10.2. The number of rotatable bonds is 3. The van der Waals surface area contributed by atoms with Crippen molar-refractivity contribution in [1.29, 1.82) is 0 Å². The minimum atomic E-state index is -0.811. The summed E-state index contributed by atoms with van der Waals surface area (Å²) in [5.74, 6) is -0.811. The van der Waals surface area contributed by atoms with Crippen molar-refractivity contribution in [2.45, 2.75) is 12.5 Å². The quantitative estimate of drug-likeness (QED) is 0.848. The van der Waals surface area contributed by atoms with Crippen molar-refractivity contribution in [3.8, 4) is 0 Å². The summed E-state index contributed by atoms with van der Waals surface area (Å²) < 4.78 is 0. The van der Waals surface area contributed by atoms with Crippen LogP contribution in [0.15, 0.2) is 48.5 Å². The molecule has 0 radical (unpaired) electrons. The van der Waals surface area contributed by atoms with E-state index >= 15 is 0 Å². The molecule has 3 N–H and O–H groups in total. The van der Waals surface area contributed by atoms with Crippen LogP contribution >= 0.6 is 0 Å². The zero-order chi connectivity index (χ0) is 14.8. The Morgan fingerprint density at radius 3 is 2.52 bits per heavy atom.